The molecule has 2 aromatic carbocycles. The number of carboxylic acid groups (broad SMARTS) is 1. The van der Waals surface area contributed by atoms with E-state index in [0.29, 0.717) is 23.1 Å². The first-order chi connectivity index (χ1) is 11.5. The second kappa shape index (κ2) is 6.93. The fourth-order valence-corrected chi connectivity index (χ4v) is 2.71. The predicted octanol–water partition coefficient (Wildman–Crippen LogP) is 2.02. The number of ether oxygens (including phenoxy) is 1. The first-order valence-corrected chi connectivity index (χ1v) is 7.89. The molecule has 0 saturated carbocycles. The Bertz CT molecular complexity index is 743. The maximum Gasteiger partial charge on any atom is 0.227 e. The molecule has 0 aliphatic carbocycles. The Labute approximate surface area is 144 Å². The molecule has 6 heteroatoms. The smallest absolute Gasteiger partial charge is 0.227 e. The summed E-state index contributed by atoms with van der Waals surface area (Å²) in [5.74, 6) is -1.48. The molecule has 1 aliphatic heterocycles. The van der Waals surface area contributed by atoms with Gasteiger partial charge in [-0.25, -0.2) is 0 Å². The van der Waals surface area contributed by atoms with Gasteiger partial charge in [0.1, 0.15) is 12.4 Å². The summed E-state index contributed by atoms with van der Waals surface area (Å²) in [5, 5.41) is 11.6. The topological polar surface area (TPSA) is 69.7 Å². The molecule has 0 N–H and O–H groups in total. The molecule has 5 nitrogen and oxygen atoms in total. The van der Waals surface area contributed by atoms with Gasteiger partial charge < -0.3 is 19.5 Å². The first kappa shape index (κ1) is 16.3. The van der Waals surface area contributed by atoms with Gasteiger partial charge in [-0.15, -0.1) is 0 Å². The largest absolute Gasteiger partial charge is 0.550 e. The van der Waals surface area contributed by atoms with Crippen molar-refractivity contribution in [3.05, 3.63) is 59.1 Å². The molecule has 1 fully saturated rings. The van der Waals surface area contributed by atoms with Crippen LogP contribution in [0.4, 0.5) is 5.69 Å². The van der Waals surface area contributed by atoms with Crippen molar-refractivity contribution in [3.8, 4) is 5.75 Å². The van der Waals surface area contributed by atoms with E-state index in [0.717, 1.165) is 5.56 Å². The van der Waals surface area contributed by atoms with Gasteiger partial charge in [-0.3, -0.25) is 4.79 Å². The van der Waals surface area contributed by atoms with Gasteiger partial charge in [0.15, 0.2) is 0 Å². The number of carboxylic acids is 1. The molecule has 0 aromatic heterocycles. The van der Waals surface area contributed by atoms with Crippen molar-refractivity contribution < 1.29 is 19.4 Å². The zero-order valence-electron chi connectivity index (χ0n) is 12.8. The highest BCUT2D eigenvalue weighted by atomic mass is 35.5. The molecule has 0 unspecified atom stereocenters. The lowest BCUT2D eigenvalue weighted by atomic mass is 10.1. The Hall–Kier alpha value is -2.53. The summed E-state index contributed by atoms with van der Waals surface area (Å²) in [6.45, 7) is 0.554. The molecule has 1 aliphatic rings. The van der Waals surface area contributed by atoms with Crippen LogP contribution in [0.1, 0.15) is 12.0 Å². The van der Waals surface area contributed by atoms with Crippen molar-refractivity contribution >= 4 is 29.2 Å². The maximum absolute atomic E-state index is 11.9. The third-order valence-corrected chi connectivity index (χ3v) is 4.18. The molecule has 0 bridgehead atoms. The molecular weight excluding hydrogens is 330 g/mol. The van der Waals surface area contributed by atoms with Crippen LogP contribution in [0.25, 0.3) is 0 Å². The van der Waals surface area contributed by atoms with Gasteiger partial charge in [0.05, 0.1) is 0 Å². The van der Waals surface area contributed by atoms with E-state index in [2.05, 4.69) is 0 Å². The summed E-state index contributed by atoms with van der Waals surface area (Å²) >= 11 is 5.84. The molecule has 124 valence electrons. The quantitative estimate of drug-likeness (QED) is 0.832. The normalized spacial score (nSPS) is 17.1. The van der Waals surface area contributed by atoms with Crippen LogP contribution in [0.2, 0.25) is 5.02 Å². The van der Waals surface area contributed by atoms with Crippen LogP contribution in [-0.2, 0) is 16.2 Å². The minimum atomic E-state index is -1.19. The van der Waals surface area contributed by atoms with E-state index in [9.17, 15) is 14.7 Å². The predicted molar refractivity (Wildman–Crippen MR) is 87.7 cm³/mol. The second-order valence-corrected chi connectivity index (χ2v) is 6.07. The van der Waals surface area contributed by atoms with E-state index in [1.54, 1.807) is 36.4 Å². The third kappa shape index (κ3) is 3.68. The van der Waals surface area contributed by atoms with Crippen molar-refractivity contribution in [2.24, 2.45) is 5.92 Å². The van der Waals surface area contributed by atoms with Crippen molar-refractivity contribution in [3.63, 3.8) is 0 Å². The molecule has 1 atom stereocenters. The number of nitrogens with zero attached hydrogens (tertiary/aromatic N) is 1. The van der Waals surface area contributed by atoms with E-state index in [1.807, 2.05) is 12.1 Å². The van der Waals surface area contributed by atoms with Gasteiger partial charge in [-0.2, -0.15) is 0 Å². The Kier molecular flexibility index (Phi) is 4.71. The SMILES string of the molecule is O=C([O-])[C@H]1CC(=O)N(c2ccc(OCc3ccc(Cl)cc3)cc2)C1. The second-order valence-electron chi connectivity index (χ2n) is 5.63. The third-order valence-electron chi connectivity index (χ3n) is 3.93. The molecular formula is C18H15ClNO4-. The number of rotatable bonds is 5. The highest BCUT2D eigenvalue weighted by molar-refractivity contribution is 6.30. The number of amides is 1. The number of anilines is 1. The van der Waals surface area contributed by atoms with Gasteiger partial charge >= 0.3 is 0 Å². The Balaban J connectivity index is 1.62. The zero-order valence-corrected chi connectivity index (χ0v) is 13.5. The van der Waals surface area contributed by atoms with Crippen LogP contribution < -0.4 is 14.7 Å². The Morgan fingerprint density at radius 1 is 1.17 bits per heavy atom. The lowest BCUT2D eigenvalue weighted by molar-refractivity contribution is -0.310. The number of benzene rings is 2. The molecule has 3 rings (SSSR count). The van der Waals surface area contributed by atoms with Gasteiger partial charge in [0, 0.05) is 35.6 Å². The van der Waals surface area contributed by atoms with E-state index >= 15 is 0 Å². The van der Waals surface area contributed by atoms with Crippen LogP contribution in [0.5, 0.6) is 5.75 Å². The number of hydrogen-bond acceptors (Lipinski definition) is 4. The van der Waals surface area contributed by atoms with Crippen LogP contribution in [-0.4, -0.2) is 18.4 Å². The highest BCUT2D eigenvalue weighted by Gasteiger charge is 2.31. The van der Waals surface area contributed by atoms with Crippen LogP contribution in [0, 0.1) is 5.92 Å². The maximum atomic E-state index is 11.9. The molecule has 1 amide bonds. The van der Waals surface area contributed by atoms with E-state index in [4.69, 9.17) is 16.3 Å². The average molecular weight is 345 g/mol. The van der Waals surface area contributed by atoms with Gasteiger partial charge in [-0.1, -0.05) is 23.7 Å². The highest BCUT2D eigenvalue weighted by Crippen LogP contribution is 2.27. The molecule has 0 spiro atoms. The van der Waals surface area contributed by atoms with Gasteiger partial charge in [0.2, 0.25) is 5.91 Å². The lowest BCUT2D eigenvalue weighted by Gasteiger charge is -2.17. The fraction of sp³-hybridized carbons (Fsp3) is 0.222. The molecule has 2 aromatic rings. The van der Waals surface area contributed by atoms with E-state index in [1.165, 1.54) is 4.90 Å². The lowest BCUT2D eigenvalue weighted by Crippen LogP contribution is -2.33. The monoisotopic (exact) mass is 344 g/mol. The number of carbonyl (C=O) groups excluding carboxylic acids is 2. The van der Waals surface area contributed by atoms with Crippen LogP contribution in [0.15, 0.2) is 48.5 Å². The van der Waals surface area contributed by atoms with Crippen molar-refractivity contribution in [2.75, 3.05) is 11.4 Å². The molecule has 0 radical (unpaired) electrons. The summed E-state index contributed by atoms with van der Waals surface area (Å²) in [7, 11) is 0. The number of aliphatic carboxylic acids is 1. The standard InChI is InChI=1S/C18H16ClNO4/c19-14-3-1-12(2-4-14)11-24-16-7-5-15(6-8-16)20-10-13(18(22)23)9-17(20)21/h1-8,13H,9-11H2,(H,22,23)/p-1/t13-/m0/s1. The summed E-state index contributed by atoms with van der Waals surface area (Å²) in [4.78, 5) is 24.3. The number of carbonyl (C=O) groups is 2. The number of hydrogen-bond donors (Lipinski definition) is 0. The van der Waals surface area contributed by atoms with E-state index < -0.39 is 11.9 Å². The molecule has 1 heterocycles. The molecule has 24 heavy (non-hydrogen) atoms. The first-order valence-electron chi connectivity index (χ1n) is 7.51. The molecule has 1 saturated heterocycles. The van der Waals surface area contributed by atoms with Crippen molar-refractivity contribution in [1.82, 2.24) is 0 Å². The summed E-state index contributed by atoms with van der Waals surface area (Å²) < 4.78 is 5.69. The average Bonchev–Trinajstić information content (AvgIpc) is 2.97. The zero-order chi connectivity index (χ0) is 17.1. The van der Waals surface area contributed by atoms with E-state index in [-0.39, 0.29) is 18.9 Å². The Morgan fingerprint density at radius 3 is 2.42 bits per heavy atom. The fourth-order valence-electron chi connectivity index (χ4n) is 2.58. The number of halogens is 1. The summed E-state index contributed by atoms with van der Waals surface area (Å²) in [6, 6.07) is 14.4. The minimum Gasteiger partial charge on any atom is -0.550 e. The van der Waals surface area contributed by atoms with Gasteiger partial charge in [0.25, 0.3) is 0 Å². The summed E-state index contributed by atoms with van der Waals surface area (Å²) in [6.07, 6.45) is -0.0167. The minimum absolute atomic E-state index is 0.0167. The Morgan fingerprint density at radius 2 is 1.83 bits per heavy atom. The van der Waals surface area contributed by atoms with Crippen LogP contribution >= 0.6 is 11.6 Å². The van der Waals surface area contributed by atoms with Crippen molar-refractivity contribution in [2.45, 2.75) is 13.0 Å². The van der Waals surface area contributed by atoms with Gasteiger partial charge in [-0.05, 0) is 42.0 Å². The summed E-state index contributed by atoms with van der Waals surface area (Å²) in [5.41, 5.74) is 1.65. The van der Waals surface area contributed by atoms with Crippen molar-refractivity contribution in [1.29, 1.82) is 0 Å². The van der Waals surface area contributed by atoms with Crippen LogP contribution in [0.3, 0.4) is 0 Å².